The standard InChI is InChI=1S/C45H49F3N8O5S/c1-25-28-6-4-7-30(38(28)41(60)56(25)34-10-11-37(57)53-40(34)59)49-15-12-27-20-44(21-27)23-54(24-44)22-26-13-16-55(17-14-26)42-52-33-18-29(43(2,3)61)32(19-35(33)62-42)51-39(58)31-8-5-9-36(50-31)45(46,47)48/h4-9,18-19,26-27,34,49,61H,1,10-17,20-24H2,2-3H3,(H,51,58)(H,53,57,59). The first-order chi connectivity index (χ1) is 29.4. The molecule has 0 radical (unpaired) electrons. The molecule has 1 atom stereocenters. The van der Waals surface area contributed by atoms with Crippen molar-refractivity contribution in [1.29, 1.82) is 0 Å². The van der Waals surface area contributed by atoms with Gasteiger partial charge in [-0.1, -0.05) is 36.1 Å². The van der Waals surface area contributed by atoms with E-state index >= 15 is 0 Å². The van der Waals surface area contributed by atoms with Gasteiger partial charge in [0.2, 0.25) is 11.8 Å². The number of carbonyl (C=O) groups is 4. The molecule has 2 aromatic heterocycles. The first-order valence-electron chi connectivity index (χ1n) is 21.2. The topological polar surface area (TPSA) is 160 Å². The zero-order valence-electron chi connectivity index (χ0n) is 34.6. The summed E-state index contributed by atoms with van der Waals surface area (Å²) in [7, 11) is 0. The maximum Gasteiger partial charge on any atom is 0.433 e. The highest BCUT2D eigenvalue weighted by Gasteiger charge is 2.52. The summed E-state index contributed by atoms with van der Waals surface area (Å²) in [6.45, 7) is 13.1. The number of aliphatic hydroxyl groups is 1. The molecule has 4 N–H and O–H groups in total. The molecule has 4 aromatic rings. The number of anilines is 3. The summed E-state index contributed by atoms with van der Waals surface area (Å²) in [4.78, 5) is 65.7. The second-order valence-corrected chi connectivity index (χ2v) is 19.2. The van der Waals surface area contributed by atoms with Crippen LogP contribution >= 0.6 is 11.3 Å². The molecule has 13 nitrogen and oxygen atoms in total. The molecular formula is C45H49F3N8O5S. The number of pyridine rings is 1. The molecule has 4 fully saturated rings. The molecular weight excluding hydrogens is 822 g/mol. The SMILES string of the molecule is C=C1c2cccc(NCCC3CC4(C3)CN(CC3CCN(c5nc6cc(C(C)(C)O)c(NC(=O)c7cccc(C(F)(F)F)n7)cc6s5)CC3)C4)c2C(=O)N1C1CCC(=O)NC1=O. The molecule has 62 heavy (non-hydrogen) atoms. The molecule has 4 aliphatic heterocycles. The van der Waals surface area contributed by atoms with Gasteiger partial charge in [-0.05, 0) is 100.0 Å². The third kappa shape index (κ3) is 8.05. The Hall–Kier alpha value is -5.39. The second kappa shape index (κ2) is 15.8. The minimum absolute atomic E-state index is 0.185. The highest BCUT2D eigenvalue weighted by Crippen LogP contribution is 2.53. The molecule has 1 saturated carbocycles. The summed E-state index contributed by atoms with van der Waals surface area (Å²) in [6.07, 6.45) is 1.27. The van der Waals surface area contributed by atoms with Gasteiger partial charge in [-0.2, -0.15) is 13.2 Å². The molecule has 1 spiro atoms. The van der Waals surface area contributed by atoms with E-state index in [-0.39, 0.29) is 36.0 Å². The van der Waals surface area contributed by atoms with Crippen molar-refractivity contribution in [3.63, 3.8) is 0 Å². The van der Waals surface area contributed by atoms with Gasteiger partial charge in [0.15, 0.2) is 5.13 Å². The fourth-order valence-corrected chi connectivity index (χ4v) is 11.2. The lowest BCUT2D eigenvalue weighted by Crippen LogP contribution is -2.63. The maximum absolute atomic E-state index is 13.6. The number of carbonyl (C=O) groups excluding carboxylic acids is 4. The normalized spacial score (nSPS) is 21.0. The van der Waals surface area contributed by atoms with Crippen molar-refractivity contribution >= 4 is 67.4 Å². The molecule has 9 rings (SSSR count). The van der Waals surface area contributed by atoms with Crippen LogP contribution in [0.5, 0.6) is 0 Å². The van der Waals surface area contributed by atoms with Crippen molar-refractivity contribution in [1.82, 2.24) is 25.1 Å². The molecule has 2 aromatic carbocycles. The van der Waals surface area contributed by atoms with Crippen molar-refractivity contribution in [3.05, 3.63) is 83.2 Å². The number of nitrogens with zero attached hydrogens (tertiary/aromatic N) is 5. The molecule has 1 unspecified atom stereocenters. The molecule has 17 heteroatoms. The van der Waals surface area contributed by atoms with Crippen LogP contribution in [-0.2, 0) is 21.4 Å². The van der Waals surface area contributed by atoms with Crippen LogP contribution in [-0.4, -0.2) is 93.8 Å². The largest absolute Gasteiger partial charge is 0.433 e. The number of likely N-dealkylation sites (tertiary alicyclic amines) is 1. The number of piperidine rings is 2. The summed E-state index contributed by atoms with van der Waals surface area (Å²) in [6, 6.07) is 11.5. The lowest BCUT2D eigenvalue weighted by Gasteiger charge is -2.60. The smallest absolute Gasteiger partial charge is 0.386 e. The summed E-state index contributed by atoms with van der Waals surface area (Å²) in [5, 5.41) is 20.4. The summed E-state index contributed by atoms with van der Waals surface area (Å²) in [5.41, 5.74) is 1.31. The predicted molar refractivity (Wildman–Crippen MR) is 230 cm³/mol. The zero-order chi connectivity index (χ0) is 43.7. The summed E-state index contributed by atoms with van der Waals surface area (Å²) < 4.78 is 40.6. The van der Waals surface area contributed by atoms with Crippen molar-refractivity contribution in [2.45, 2.75) is 76.6 Å². The Morgan fingerprint density at radius 1 is 1.00 bits per heavy atom. The number of imide groups is 1. The van der Waals surface area contributed by atoms with Crippen LogP contribution in [0.4, 0.5) is 29.7 Å². The lowest BCUT2D eigenvalue weighted by atomic mass is 9.57. The number of nitrogens with one attached hydrogen (secondary N) is 3. The van der Waals surface area contributed by atoms with Gasteiger partial charge in [0.1, 0.15) is 17.4 Å². The predicted octanol–water partition coefficient (Wildman–Crippen LogP) is 6.85. The number of alkyl halides is 3. The Kier molecular flexibility index (Phi) is 10.7. The van der Waals surface area contributed by atoms with Gasteiger partial charge >= 0.3 is 6.18 Å². The minimum Gasteiger partial charge on any atom is -0.386 e. The number of rotatable bonds is 11. The molecule has 6 heterocycles. The monoisotopic (exact) mass is 870 g/mol. The first-order valence-corrected chi connectivity index (χ1v) is 22.0. The highest BCUT2D eigenvalue weighted by atomic mass is 32.1. The van der Waals surface area contributed by atoms with Gasteiger partial charge in [0, 0.05) is 73.9 Å². The van der Waals surface area contributed by atoms with E-state index in [0.29, 0.717) is 45.2 Å². The fourth-order valence-electron chi connectivity index (χ4n) is 10.2. The summed E-state index contributed by atoms with van der Waals surface area (Å²) in [5.74, 6) is -0.648. The quantitative estimate of drug-likeness (QED) is 0.118. The van der Waals surface area contributed by atoms with E-state index < -0.39 is 35.3 Å². The van der Waals surface area contributed by atoms with E-state index in [4.69, 9.17) is 4.98 Å². The summed E-state index contributed by atoms with van der Waals surface area (Å²) >= 11 is 1.48. The molecule has 326 valence electrons. The fraction of sp³-hybridized carbons (Fsp3) is 0.467. The van der Waals surface area contributed by atoms with Crippen LogP contribution in [0.3, 0.4) is 0 Å². The van der Waals surface area contributed by atoms with Gasteiger partial charge < -0.3 is 25.5 Å². The molecule has 5 aliphatic rings. The van der Waals surface area contributed by atoms with Gasteiger partial charge in [0.25, 0.3) is 11.8 Å². The third-order valence-corrected chi connectivity index (χ3v) is 14.2. The van der Waals surface area contributed by atoms with E-state index in [1.54, 1.807) is 26.0 Å². The Balaban J connectivity index is 0.735. The van der Waals surface area contributed by atoms with Crippen molar-refractivity contribution in [3.8, 4) is 0 Å². The van der Waals surface area contributed by atoms with Crippen LogP contribution in [0.15, 0.2) is 55.1 Å². The minimum atomic E-state index is -4.69. The maximum atomic E-state index is 13.6. The van der Waals surface area contributed by atoms with Gasteiger partial charge in [0.05, 0.1) is 21.4 Å². The average molecular weight is 871 g/mol. The second-order valence-electron chi connectivity index (χ2n) is 18.2. The Labute approximate surface area is 360 Å². The van der Waals surface area contributed by atoms with Crippen LogP contribution in [0.25, 0.3) is 15.9 Å². The third-order valence-electron chi connectivity index (χ3n) is 13.1. The Morgan fingerprint density at radius 3 is 2.45 bits per heavy atom. The average Bonchev–Trinajstić information content (AvgIpc) is 3.73. The highest BCUT2D eigenvalue weighted by molar-refractivity contribution is 7.22. The molecule has 4 amide bonds. The number of hydrogen-bond donors (Lipinski definition) is 4. The number of aromatic nitrogens is 2. The van der Waals surface area contributed by atoms with E-state index in [9.17, 15) is 37.5 Å². The lowest BCUT2D eigenvalue weighted by molar-refractivity contribution is -0.141. The van der Waals surface area contributed by atoms with Crippen LogP contribution in [0, 0.1) is 17.3 Å². The molecule has 3 saturated heterocycles. The number of halogens is 3. The zero-order valence-corrected chi connectivity index (χ0v) is 35.4. The van der Waals surface area contributed by atoms with E-state index in [2.05, 4.69) is 37.3 Å². The van der Waals surface area contributed by atoms with E-state index in [0.717, 1.165) is 86.2 Å². The number of amides is 4. The Morgan fingerprint density at radius 2 is 1.74 bits per heavy atom. The van der Waals surface area contributed by atoms with Crippen molar-refractivity contribution < 1.29 is 37.5 Å². The number of thiazole rings is 1. The van der Waals surface area contributed by atoms with E-state index in [1.165, 1.54) is 35.1 Å². The van der Waals surface area contributed by atoms with Crippen LogP contribution in [0.2, 0.25) is 0 Å². The van der Waals surface area contributed by atoms with Gasteiger partial charge in [-0.3, -0.25) is 29.4 Å². The molecule has 0 bridgehead atoms. The van der Waals surface area contributed by atoms with Gasteiger partial charge in [-0.25, -0.2) is 9.97 Å². The first kappa shape index (κ1) is 41.9. The van der Waals surface area contributed by atoms with E-state index in [1.807, 2.05) is 18.2 Å². The number of hydrogen-bond acceptors (Lipinski definition) is 11. The molecule has 1 aliphatic carbocycles. The van der Waals surface area contributed by atoms with Crippen molar-refractivity contribution in [2.75, 3.05) is 54.8 Å². The van der Waals surface area contributed by atoms with Gasteiger partial charge in [-0.15, -0.1) is 0 Å². The van der Waals surface area contributed by atoms with Crippen LogP contribution in [0.1, 0.15) is 96.5 Å². The van der Waals surface area contributed by atoms with Crippen molar-refractivity contribution in [2.24, 2.45) is 17.3 Å². The Bertz CT molecular complexity index is 2480. The van der Waals surface area contributed by atoms with Crippen LogP contribution < -0.4 is 20.9 Å². The number of fused-ring (bicyclic) bond motifs is 2. The number of benzene rings is 2.